The van der Waals surface area contributed by atoms with Crippen LogP contribution in [0.4, 0.5) is 18.9 Å². The third kappa shape index (κ3) is 3.04. The van der Waals surface area contributed by atoms with Crippen LogP contribution in [0.5, 0.6) is 0 Å². The second-order valence-corrected chi connectivity index (χ2v) is 5.07. The normalized spacial score (nSPS) is 16.8. The molecule has 0 atom stereocenters. The molecule has 0 radical (unpaired) electrons. The van der Waals surface area contributed by atoms with Gasteiger partial charge in [0.05, 0.1) is 17.7 Å². The number of rotatable bonds is 5. The summed E-state index contributed by atoms with van der Waals surface area (Å²) in [5.41, 5.74) is -1.55. The molecule has 1 saturated carbocycles. The molecule has 0 bridgehead atoms. The zero-order valence-electron chi connectivity index (χ0n) is 10.5. The SMILES string of the molecule is O=C(O)c1cc(C(F)(F)F)ccc1NCC1(CO)CC1. The standard InChI is InChI=1S/C13H14F3NO3/c14-13(15,16)8-1-2-10(9(5-8)11(19)20)17-6-12(7-18)3-4-12/h1-2,5,17-18H,3-4,6-7H2,(H,19,20). The summed E-state index contributed by atoms with van der Waals surface area (Å²) in [5.74, 6) is -1.42. The lowest BCUT2D eigenvalue weighted by molar-refractivity contribution is -0.137. The number of aliphatic hydroxyl groups excluding tert-OH is 1. The third-order valence-corrected chi connectivity index (χ3v) is 3.52. The number of hydrogen-bond donors (Lipinski definition) is 3. The van der Waals surface area contributed by atoms with Crippen molar-refractivity contribution in [1.82, 2.24) is 0 Å². The first-order chi connectivity index (χ1) is 9.27. The number of anilines is 1. The molecule has 1 aliphatic carbocycles. The summed E-state index contributed by atoms with van der Waals surface area (Å²) < 4.78 is 37.7. The molecule has 0 unspecified atom stereocenters. The van der Waals surface area contributed by atoms with Gasteiger partial charge in [0.1, 0.15) is 0 Å². The molecule has 2 rings (SSSR count). The quantitative estimate of drug-likeness (QED) is 0.779. The van der Waals surface area contributed by atoms with E-state index in [-0.39, 0.29) is 17.7 Å². The van der Waals surface area contributed by atoms with Gasteiger partial charge in [0.2, 0.25) is 0 Å². The molecule has 7 heteroatoms. The van der Waals surface area contributed by atoms with Crippen LogP contribution < -0.4 is 5.32 Å². The van der Waals surface area contributed by atoms with Crippen molar-refractivity contribution in [3.8, 4) is 0 Å². The number of benzene rings is 1. The van der Waals surface area contributed by atoms with Crippen molar-refractivity contribution in [1.29, 1.82) is 0 Å². The Morgan fingerprint density at radius 2 is 2.00 bits per heavy atom. The number of carboxylic acid groups (broad SMARTS) is 1. The molecule has 20 heavy (non-hydrogen) atoms. The molecular formula is C13H14F3NO3. The van der Waals surface area contributed by atoms with Crippen LogP contribution in [0.3, 0.4) is 0 Å². The van der Waals surface area contributed by atoms with Crippen molar-refractivity contribution in [2.45, 2.75) is 19.0 Å². The lowest BCUT2D eigenvalue weighted by atomic mass is 10.1. The van der Waals surface area contributed by atoms with Crippen molar-refractivity contribution in [2.24, 2.45) is 5.41 Å². The average molecular weight is 289 g/mol. The number of carbonyl (C=O) groups is 1. The van der Waals surface area contributed by atoms with Crippen molar-refractivity contribution in [3.05, 3.63) is 29.3 Å². The first-order valence-electron chi connectivity index (χ1n) is 6.07. The van der Waals surface area contributed by atoms with E-state index in [0.29, 0.717) is 12.6 Å². The molecule has 0 amide bonds. The number of alkyl halides is 3. The van der Waals surface area contributed by atoms with E-state index in [4.69, 9.17) is 10.2 Å². The second-order valence-electron chi connectivity index (χ2n) is 5.07. The monoisotopic (exact) mass is 289 g/mol. The van der Waals surface area contributed by atoms with Crippen LogP contribution in [-0.4, -0.2) is 29.3 Å². The highest BCUT2D eigenvalue weighted by Crippen LogP contribution is 2.45. The van der Waals surface area contributed by atoms with E-state index in [9.17, 15) is 18.0 Å². The molecule has 0 aliphatic heterocycles. The van der Waals surface area contributed by atoms with E-state index in [1.807, 2.05) is 0 Å². The highest BCUT2D eigenvalue weighted by Gasteiger charge is 2.42. The van der Waals surface area contributed by atoms with Crippen LogP contribution in [0.2, 0.25) is 0 Å². The van der Waals surface area contributed by atoms with E-state index in [0.717, 1.165) is 25.0 Å². The summed E-state index contributed by atoms with van der Waals surface area (Å²) in [6, 6.07) is 2.57. The number of nitrogens with one attached hydrogen (secondary N) is 1. The number of carboxylic acids is 1. The number of aliphatic hydroxyl groups is 1. The molecule has 1 aliphatic rings. The Kier molecular flexibility index (Phi) is 3.64. The molecule has 0 saturated heterocycles. The van der Waals surface area contributed by atoms with E-state index in [1.165, 1.54) is 0 Å². The number of hydrogen-bond acceptors (Lipinski definition) is 3. The summed E-state index contributed by atoms with van der Waals surface area (Å²) in [7, 11) is 0. The summed E-state index contributed by atoms with van der Waals surface area (Å²) in [5, 5.41) is 21.0. The topological polar surface area (TPSA) is 69.6 Å². The molecule has 0 heterocycles. The highest BCUT2D eigenvalue weighted by atomic mass is 19.4. The van der Waals surface area contributed by atoms with Crippen molar-refractivity contribution in [3.63, 3.8) is 0 Å². The molecule has 0 spiro atoms. The van der Waals surface area contributed by atoms with Crippen LogP contribution in [0.1, 0.15) is 28.8 Å². The predicted molar refractivity (Wildman–Crippen MR) is 65.6 cm³/mol. The van der Waals surface area contributed by atoms with Gasteiger partial charge in [0.25, 0.3) is 0 Å². The maximum atomic E-state index is 12.6. The first kappa shape index (κ1) is 14.6. The Morgan fingerprint density at radius 1 is 1.35 bits per heavy atom. The Morgan fingerprint density at radius 3 is 2.45 bits per heavy atom. The van der Waals surface area contributed by atoms with Gasteiger partial charge < -0.3 is 15.5 Å². The smallest absolute Gasteiger partial charge is 0.416 e. The largest absolute Gasteiger partial charge is 0.478 e. The summed E-state index contributed by atoms with van der Waals surface area (Å²) in [6.07, 6.45) is -2.94. The average Bonchev–Trinajstić information content (AvgIpc) is 3.15. The second kappa shape index (κ2) is 4.97. The van der Waals surface area contributed by atoms with Crippen molar-refractivity contribution >= 4 is 11.7 Å². The van der Waals surface area contributed by atoms with Gasteiger partial charge in [-0.1, -0.05) is 0 Å². The minimum Gasteiger partial charge on any atom is -0.478 e. The van der Waals surface area contributed by atoms with Gasteiger partial charge in [0, 0.05) is 17.6 Å². The van der Waals surface area contributed by atoms with E-state index in [2.05, 4.69) is 5.32 Å². The van der Waals surface area contributed by atoms with Gasteiger partial charge >= 0.3 is 12.1 Å². The van der Waals surface area contributed by atoms with Crippen LogP contribution in [-0.2, 0) is 6.18 Å². The lowest BCUT2D eigenvalue weighted by Gasteiger charge is -2.16. The van der Waals surface area contributed by atoms with E-state index < -0.39 is 23.3 Å². The minimum absolute atomic E-state index is 0.0248. The van der Waals surface area contributed by atoms with Crippen LogP contribution in [0.15, 0.2) is 18.2 Å². The fourth-order valence-electron chi connectivity index (χ4n) is 1.90. The molecule has 0 aromatic heterocycles. The minimum atomic E-state index is -4.58. The van der Waals surface area contributed by atoms with Crippen LogP contribution >= 0.6 is 0 Å². The highest BCUT2D eigenvalue weighted by molar-refractivity contribution is 5.94. The molecule has 1 fully saturated rings. The van der Waals surface area contributed by atoms with Crippen LogP contribution in [0.25, 0.3) is 0 Å². The molecule has 1 aromatic rings. The Bertz CT molecular complexity index is 524. The third-order valence-electron chi connectivity index (χ3n) is 3.52. The van der Waals surface area contributed by atoms with Crippen molar-refractivity contribution in [2.75, 3.05) is 18.5 Å². The first-order valence-corrected chi connectivity index (χ1v) is 6.07. The maximum absolute atomic E-state index is 12.6. The molecule has 110 valence electrons. The van der Waals surface area contributed by atoms with Gasteiger partial charge in [-0.15, -0.1) is 0 Å². The van der Waals surface area contributed by atoms with Gasteiger partial charge in [0.15, 0.2) is 0 Å². The maximum Gasteiger partial charge on any atom is 0.416 e. The molecular weight excluding hydrogens is 275 g/mol. The number of aromatic carboxylic acids is 1. The summed E-state index contributed by atoms with van der Waals surface area (Å²) in [4.78, 5) is 11.1. The zero-order valence-corrected chi connectivity index (χ0v) is 10.5. The van der Waals surface area contributed by atoms with E-state index >= 15 is 0 Å². The van der Waals surface area contributed by atoms with Gasteiger partial charge in [-0.05, 0) is 31.0 Å². The predicted octanol–water partition coefficient (Wildman–Crippen LogP) is 2.59. The fraction of sp³-hybridized carbons (Fsp3) is 0.462. The van der Waals surface area contributed by atoms with Crippen molar-refractivity contribution < 1.29 is 28.2 Å². The van der Waals surface area contributed by atoms with Gasteiger partial charge in [-0.25, -0.2) is 4.79 Å². The summed E-state index contributed by atoms with van der Waals surface area (Å²) in [6.45, 7) is 0.318. The molecule has 1 aromatic carbocycles. The van der Waals surface area contributed by atoms with Gasteiger partial charge in [-0.2, -0.15) is 13.2 Å². The molecule has 4 nitrogen and oxygen atoms in total. The number of halogens is 3. The molecule has 3 N–H and O–H groups in total. The Hall–Kier alpha value is -1.76. The summed E-state index contributed by atoms with van der Waals surface area (Å²) >= 11 is 0. The Balaban J connectivity index is 2.22. The van der Waals surface area contributed by atoms with E-state index in [1.54, 1.807) is 0 Å². The fourth-order valence-corrected chi connectivity index (χ4v) is 1.90. The van der Waals surface area contributed by atoms with Gasteiger partial charge in [-0.3, -0.25) is 0 Å². The zero-order chi connectivity index (χ0) is 15.0. The lowest BCUT2D eigenvalue weighted by Crippen LogP contribution is -2.20. The van der Waals surface area contributed by atoms with Crippen LogP contribution in [0, 0.1) is 5.41 Å². The Labute approximate surface area is 113 Å².